The van der Waals surface area contributed by atoms with Crippen molar-refractivity contribution in [2.75, 3.05) is 12.4 Å². The van der Waals surface area contributed by atoms with Gasteiger partial charge in [-0.3, -0.25) is 0 Å². The number of methoxy groups -OCH3 is 1. The van der Waals surface area contributed by atoms with Crippen molar-refractivity contribution in [3.8, 4) is 5.75 Å². The summed E-state index contributed by atoms with van der Waals surface area (Å²) in [5.41, 5.74) is 1.81. The van der Waals surface area contributed by atoms with Crippen molar-refractivity contribution in [1.82, 2.24) is 5.32 Å². The fourth-order valence-corrected chi connectivity index (χ4v) is 1.86. The maximum Gasteiger partial charge on any atom is 0.171 e. The standard InChI is InChI=1S/C15H15FN2OS/c1-19-14-4-2-3-11(9-14)10-17-15(20)18-13-7-5-12(16)6-8-13/h2-9H,10H2,1H3,(H2,17,18,20). The maximum atomic E-state index is 12.8. The van der Waals surface area contributed by atoms with Crippen molar-refractivity contribution in [1.29, 1.82) is 0 Å². The summed E-state index contributed by atoms with van der Waals surface area (Å²) in [4.78, 5) is 0. The number of rotatable bonds is 4. The number of benzene rings is 2. The van der Waals surface area contributed by atoms with Gasteiger partial charge in [-0.1, -0.05) is 12.1 Å². The molecule has 104 valence electrons. The van der Waals surface area contributed by atoms with Crippen LogP contribution < -0.4 is 15.4 Å². The zero-order valence-corrected chi connectivity index (χ0v) is 11.8. The van der Waals surface area contributed by atoms with Gasteiger partial charge in [-0.05, 0) is 54.2 Å². The molecule has 0 heterocycles. The lowest BCUT2D eigenvalue weighted by molar-refractivity contribution is 0.414. The molecule has 0 atom stereocenters. The topological polar surface area (TPSA) is 33.3 Å². The normalized spacial score (nSPS) is 9.90. The predicted molar refractivity (Wildman–Crippen MR) is 82.5 cm³/mol. The third-order valence-corrected chi connectivity index (χ3v) is 2.94. The van der Waals surface area contributed by atoms with E-state index in [0.29, 0.717) is 11.7 Å². The molecule has 0 aromatic heterocycles. The Hall–Kier alpha value is -2.14. The minimum atomic E-state index is -0.272. The predicted octanol–water partition coefficient (Wildman–Crippen LogP) is 3.32. The molecule has 0 unspecified atom stereocenters. The lowest BCUT2D eigenvalue weighted by atomic mass is 10.2. The van der Waals surface area contributed by atoms with E-state index in [4.69, 9.17) is 17.0 Å². The first-order chi connectivity index (χ1) is 9.67. The number of halogens is 1. The molecule has 0 fully saturated rings. The number of anilines is 1. The zero-order valence-electron chi connectivity index (χ0n) is 11.0. The van der Waals surface area contributed by atoms with Gasteiger partial charge in [0.2, 0.25) is 0 Å². The SMILES string of the molecule is COc1cccc(CNC(=S)Nc2ccc(F)cc2)c1. The molecule has 0 spiro atoms. The summed E-state index contributed by atoms with van der Waals surface area (Å²) in [6.45, 7) is 0.588. The van der Waals surface area contributed by atoms with E-state index in [2.05, 4.69) is 10.6 Å². The molecule has 2 N–H and O–H groups in total. The molecule has 0 saturated heterocycles. The number of ether oxygens (including phenoxy) is 1. The van der Waals surface area contributed by atoms with E-state index in [1.807, 2.05) is 24.3 Å². The van der Waals surface area contributed by atoms with Gasteiger partial charge in [-0.2, -0.15) is 0 Å². The van der Waals surface area contributed by atoms with Crippen molar-refractivity contribution in [3.63, 3.8) is 0 Å². The lowest BCUT2D eigenvalue weighted by Crippen LogP contribution is -2.27. The van der Waals surface area contributed by atoms with Crippen LogP contribution in [0.4, 0.5) is 10.1 Å². The molecule has 0 bridgehead atoms. The second kappa shape index (κ2) is 6.86. The molecule has 0 saturated carbocycles. The molecule has 0 radical (unpaired) electrons. The Morgan fingerprint density at radius 1 is 1.20 bits per heavy atom. The van der Waals surface area contributed by atoms with Crippen molar-refractivity contribution >= 4 is 23.0 Å². The zero-order chi connectivity index (χ0) is 14.4. The van der Waals surface area contributed by atoms with E-state index >= 15 is 0 Å². The highest BCUT2D eigenvalue weighted by molar-refractivity contribution is 7.80. The Kier molecular flexibility index (Phi) is 4.90. The van der Waals surface area contributed by atoms with E-state index in [1.165, 1.54) is 12.1 Å². The van der Waals surface area contributed by atoms with E-state index in [9.17, 15) is 4.39 Å². The summed E-state index contributed by atoms with van der Waals surface area (Å²) in [6.07, 6.45) is 0. The Bertz CT molecular complexity index is 587. The first-order valence-electron chi connectivity index (χ1n) is 6.11. The van der Waals surface area contributed by atoms with Gasteiger partial charge >= 0.3 is 0 Å². The van der Waals surface area contributed by atoms with Gasteiger partial charge in [0, 0.05) is 12.2 Å². The summed E-state index contributed by atoms with van der Waals surface area (Å²) in [5.74, 6) is 0.535. The first-order valence-corrected chi connectivity index (χ1v) is 6.51. The monoisotopic (exact) mass is 290 g/mol. The number of thiocarbonyl (C=S) groups is 1. The fourth-order valence-electron chi connectivity index (χ4n) is 1.67. The van der Waals surface area contributed by atoms with Crippen LogP contribution in [0.1, 0.15) is 5.56 Å². The number of hydrogen-bond acceptors (Lipinski definition) is 2. The van der Waals surface area contributed by atoms with Gasteiger partial charge in [0.1, 0.15) is 11.6 Å². The molecule has 3 nitrogen and oxygen atoms in total. The summed E-state index contributed by atoms with van der Waals surface area (Å²) in [5, 5.41) is 6.56. The van der Waals surface area contributed by atoms with E-state index in [0.717, 1.165) is 17.0 Å². The highest BCUT2D eigenvalue weighted by Gasteiger charge is 2.00. The third kappa shape index (κ3) is 4.20. The van der Waals surface area contributed by atoms with Gasteiger partial charge in [-0.15, -0.1) is 0 Å². The Balaban J connectivity index is 1.87. The highest BCUT2D eigenvalue weighted by atomic mass is 32.1. The minimum Gasteiger partial charge on any atom is -0.497 e. The molecular weight excluding hydrogens is 275 g/mol. The third-order valence-electron chi connectivity index (χ3n) is 2.69. The summed E-state index contributed by atoms with van der Waals surface area (Å²) < 4.78 is 17.9. The minimum absolute atomic E-state index is 0.272. The van der Waals surface area contributed by atoms with Crippen LogP contribution in [0.2, 0.25) is 0 Å². The van der Waals surface area contributed by atoms with Crippen molar-refractivity contribution < 1.29 is 9.13 Å². The number of nitrogens with one attached hydrogen (secondary N) is 2. The van der Waals surface area contributed by atoms with Crippen LogP contribution >= 0.6 is 12.2 Å². The summed E-state index contributed by atoms with van der Waals surface area (Å²) >= 11 is 5.18. The summed E-state index contributed by atoms with van der Waals surface area (Å²) in [6, 6.07) is 13.8. The van der Waals surface area contributed by atoms with Crippen LogP contribution in [0.3, 0.4) is 0 Å². The largest absolute Gasteiger partial charge is 0.497 e. The molecular formula is C15H15FN2OS. The van der Waals surface area contributed by atoms with Crippen LogP contribution in [0.5, 0.6) is 5.75 Å². The molecule has 0 aliphatic heterocycles. The number of hydrogen-bond donors (Lipinski definition) is 2. The molecule has 2 rings (SSSR count). The average Bonchev–Trinajstić information content (AvgIpc) is 2.48. The molecule has 2 aromatic rings. The maximum absolute atomic E-state index is 12.8. The molecule has 0 aliphatic rings. The van der Waals surface area contributed by atoms with Gasteiger partial charge in [0.15, 0.2) is 5.11 Å². The first kappa shape index (κ1) is 14.3. The molecule has 2 aromatic carbocycles. The molecule has 5 heteroatoms. The van der Waals surface area contributed by atoms with Gasteiger partial charge < -0.3 is 15.4 Å². The van der Waals surface area contributed by atoms with E-state index in [1.54, 1.807) is 19.2 Å². The van der Waals surface area contributed by atoms with E-state index < -0.39 is 0 Å². The van der Waals surface area contributed by atoms with Crippen molar-refractivity contribution in [2.45, 2.75) is 6.54 Å². The molecule has 0 aliphatic carbocycles. The average molecular weight is 290 g/mol. The van der Waals surface area contributed by atoms with E-state index in [-0.39, 0.29) is 5.82 Å². The second-order valence-corrected chi connectivity index (χ2v) is 4.57. The van der Waals surface area contributed by atoms with Crippen LogP contribution in [0.15, 0.2) is 48.5 Å². The Morgan fingerprint density at radius 3 is 2.65 bits per heavy atom. The summed E-state index contributed by atoms with van der Waals surface area (Å²) in [7, 11) is 1.63. The van der Waals surface area contributed by atoms with Crippen LogP contribution in [0.25, 0.3) is 0 Å². The van der Waals surface area contributed by atoms with Crippen LogP contribution in [-0.4, -0.2) is 12.2 Å². The molecule has 20 heavy (non-hydrogen) atoms. The van der Waals surface area contributed by atoms with Gasteiger partial charge in [0.25, 0.3) is 0 Å². The Labute approximate surface area is 122 Å². The van der Waals surface area contributed by atoms with Gasteiger partial charge in [0.05, 0.1) is 7.11 Å². The molecule has 0 amide bonds. The van der Waals surface area contributed by atoms with Crippen LogP contribution in [0, 0.1) is 5.82 Å². The van der Waals surface area contributed by atoms with Gasteiger partial charge in [-0.25, -0.2) is 4.39 Å². The highest BCUT2D eigenvalue weighted by Crippen LogP contribution is 2.12. The fraction of sp³-hybridized carbons (Fsp3) is 0.133. The second-order valence-electron chi connectivity index (χ2n) is 4.17. The van der Waals surface area contributed by atoms with Crippen molar-refractivity contribution in [2.24, 2.45) is 0 Å². The van der Waals surface area contributed by atoms with Crippen molar-refractivity contribution in [3.05, 3.63) is 59.9 Å². The smallest absolute Gasteiger partial charge is 0.171 e. The van der Waals surface area contributed by atoms with Crippen LogP contribution in [-0.2, 0) is 6.54 Å². The Morgan fingerprint density at radius 2 is 1.95 bits per heavy atom. The lowest BCUT2D eigenvalue weighted by Gasteiger charge is -2.11. The quantitative estimate of drug-likeness (QED) is 0.846.